The van der Waals surface area contributed by atoms with E-state index in [9.17, 15) is 19.6 Å². The summed E-state index contributed by atoms with van der Waals surface area (Å²) < 4.78 is 11.3. The van der Waals surface area contributed by atoms with Crippen LogP contribution in [0.15, 0.2) is 42.0 Å². The molecule has 0 atom stereocenters. The summed E-state index contributed by atoms with van der Waals surface area (Å²) in [6.45, 7) is 1.49. The number of nitriles is 1. The molecule has 0 aliphatic heterocycles. The lowest BCUT2D eigenvalue weighted by Gasteiger charge is -2.13. The number of hydrogen-bond donors (Lipinski definition) is 3. The number of amides is 1. The summed E-state index contributed by atoms with van der Waals surface area (Å²) in [6.07, 6.45) is 1.34. The van der Waals surface area contributed by atoms with Crippen molar-refractivity contribution in [3.05, 3.63) is 56.7 Å². The van der Waals surface area contributed by atoms with Gasteiger partial charge in [-0.3, -0.25) is 4.79 Å². The molecule has 10 heteroatoms. The monoisotopic (exact) mass is 536 g/mol. The molecular weight excluding hydrogens is 519 g/mol. The molecule has 31 heavy (non-hydrogen) atoms. The molecule has 0 aliphatic carbocycles. The molecule has 1 amide bonds. The number of aromatic carboxylic acids is 1. The van der Waals surface area contributed by atoms with Crippen LogP contribution in [0, 0.1) is 14.9 Å². The van der Waals surface area contributed by atoms with Crippen molar-refractivity contribution in [2.45, 2.75) is 6.92 Å². The van der Waals surface area contributed by atoms with Crippen LogP contribution in [-0.2, 0) is 9.59 Å². The van der Waals surface area contributed by atoms with Gasteiger partial charge in [0.25, 0.3) is 5.91 Å². The number of nitrogens with one attached hydrogen (secondary N) is 1. The van der Waals surface area contributed by atoms with Gasteiger partial charge in [0.15, 0.2) is 18.1 Å². The Hall–Kier alpha value is -3.59. The van der Waals surface area contributed by atoms with Gasteiger partial charge in [-0.25, -0.2) is 9.59 Å². The third-order valence-electron chi connectivity index (χ3n) is 3.72. The Balaban J connectivity index is 2.33. The highest BCUT2D eigenvalue weighted by Crippen LogP contribution is 2.35. The number of carbonyl (C=O) groups is 3. The lowest BCUT2D eigenvalue weighted by atomic mass is 10.1. The number of carboxylic acid groups (broad SMARTS) is 2. The van der Waals surface area contributed by atoms with Crippen molar-refractivity contribution < 1.29 is 34.1 Å². The van der Waals surface area contributed by atoms with Crippen molar-refractivity contribution in [2.24, 2.45) is 0 Å². The minimum Gasteiger partial charge on any atom is -0.490 e. The van der Waals surface area contributed by atoms with Gasteiger partial charge in [0.05, 0.1) is 15.7 Å². The molecule has 3 N–H and O–H groups in total. The van der Waals surface area contributed by atoms with Crippen LogP contribution in [0.1, 0.15) is 22.8 Å². The third kappa shape index (κ3) is 6.71. The number of ether oxygens (including phenoxy) is 2. The Morgan fingerprint density at radius 3 is 2.55 bits per heavy atom. The van der Waals surface area contributed by atoms with Crippen LogP contribution in [0.3, 0.4) is 0 Å². The van der Waals surface area contributed by atoms with E-state index in [1.54, 1.807) is 13.0 Å². The number of carbonyl (C=O) groups excluding carboxylic acids is 1. The van der Waals surface area contributed by atoms with Crippen molar-refractivity contribution in [1.82, 2.24) is 0 Å². The first kappa shape index (κ1) is 23.7. The summed E-state index contributed by atoms with van der Waals surface area (Å²) in [5.41, 5.74) is 0.459. The predicted molar refractivity (Wildman–Crippen MR) is 119 cm³/mol. The number of benzene rings is 2. The molecule has 0 aliphatic rings. The first-order chi connectivity index (χ1) is 14.7. The fourth-order valence-corrected chi connectivity index (χ4v) is 3.23. The number of nitrogens with zero attached hydrogens (tertiary/aromatic N) is 1. The van der Waals surface area contributed by atoms with Gasteiger partial charge in [-0.05, 0) is 71.5 Å². The van der Waals surface area contributed by atoms with E-state index in [1.165, 1.54) is 36.4 Å². The molecule has 0 aromatic heterocycles. The fraction of sp³-hybridized carbons (Fsp3) is 0.143. The molecule has 0 heterocycles. The minimum absolute atomic E-state index is 0.00635. The second-order valence-electron chi connectivity index (χ2n) is 5.96. The van der Waals surface area contributed by atoms with Crippen LogP contribution >= 0.6 is 22.6 Å². The summed E-state index contributed by atoms with van der Waals surface area (Å²) in [7, 11) is 0. The highest BCUT2D eigenvalue weighted by atomic mass is 127. The number of carboxylic acids is 2. The molecule has 0 saturated heterocycles. The van der Waals surface area contributed by atoms with Crippen LogP contribution in [0.2, 0.25) is 0 Å². The lowest BCUT2D eigenvalue weighted by molar-refractivity contribution is -0.139. The predicted octanol–water partition coefficient (Wildman–Crippen LogP) is 3.40. The Bertz CT molecular complexity index is 1090. The summed E-state index contributed by atoms with van der Waals surface area (Å²) in [4.78, 5) is 34.4. The number of rotatable bonds is 9. The molecule has 0 unspecified atom stereocenters. The summed E-state index contributed by atoms with van der Waals surface area (Å²) in [6, 6.07) is 10.6. The smallest absolute Gasteiger partial charge is 0.341 e. The van der Waals surface area contributed by atoms with Crippen molar-refractivity contribution in [2.75, 3.05) is 18.5 Å². The zero-order chi connectivity index (χ0) is 23.0. The maximum absolute atomic E-state index is 12.5. The van der Waals surface area contributed by atoms with Crippen molar-refractivity contribution in [3.63, 3.8) is 0 Å². The van der Waals surface area contributed by atoms with Gasteiger partial charge in [-0.2, -0.15) is 5.26 Å². The van der Waals surface area contributed by atoms with Gasteiger partial charge < -0.3 is 25.0 Å². The van der Waals surface area contributed by atoms with Crippen LogP contribution in [-0.4, -0.2) is 41.3 Å². The van der Waals surface area contributed by atoms with Crippen molar-refractivity contribution in [3.8, 4) is 17.6 Å². The first-order valence-corrected chi connectivity index (χ1v) is 9.90. The highest BCUT2D eigenvalue weighted by molar-refractivity contribution is 14.1. The largest absolute Gasteiger partial charge is 0.490 e. The maximum atomic E-state index is 12.5. The lowest BCUT2D eigenvalue weighted by Crippen LogP contribution is -2.14. The van der Waals surface area contributed by atoms with E-state index >= 15 is 0 Å². The maximum Gasteiger partial charge on any atom is 0.341 e. The molecule has 0 spiro atoms. The first-order valence-electron chi connectivity index (χ1n) is 8.82. The molecule has 0 fully saturated rings. The number of halogens is 1. The summed E-state index contributed by atoms with van der Waals surface area (Å²) >= 11 is 1.94. The summed E-state index contributed by atoms with van der Waals surface area (Å²) in [5, 5.41) is 29.8. The Morgan fingerprint density at radius 2 is 1.94 bits per heavy atom. The van der Waals surface area contributed by atoms with E-state index < -0.39 is 24.5 Å². The van der Waals surface area contributed by atoms with E-state index in [0.29, 0.717) is 9.13 Å². The second kappa shape index (κ2) is 11.0. The van der Waals surface area contributed by atoms with Crippen LogP contribution in [0.5, 0.6) is 11.5 Å². The zero-order valence-electron chi connectivity index (χ0n) is 16.2. The molecule has 0 saturated carbocycles. The van der Waals surface area contributed by atoms with E-state index in [0.717, 1.165) is 0 Å². The van der Waals surface area contributed by atoms with Gasteiger partial charge in [-0.1, -0.05) is 6.07 Å². The van der Waals surface area contributed by atoms with Crippen LogP contribution < -0.4 is 14.8 Å². The minimum atomic E-state index is -1.14. The molecule has 2 aromatic carbocycles. The fourth-order valence-electron chi connectivity index (χ4n) is 2.45. The Morgan fingerprint density at radius 1 is 1.19 bits per heavy atom. The van der Waals surface area contributed by atoms with Gasteiger partial charge >= 0.3 is 11.9 Å². The molecular formula is C21H17IN2O7. The van der Waals surface area contributed by atoms with Gasteiger partial charge in [0, 0.05) is 5.69 Å². The van der Waals surface area contributed by atoms with E-state index in [2.05, 4.69) is 5.32 Å². The summed E-state index contributed by atoms with van der Waals surface area (Å²) in [5.74, 6) is -2.48. The molecule has 0 radical (unpaired) electrons. The molecule has 0 bridgehead atoms. The van der Waals surface area contributed by atoms with E-state index in [4.69, 9.17) is 19.7 Å². The number of aliphatic carboxylic acids is 1. The van der Waals surface area contributed by atoms with Crippen molar-refractivity contribution >= 4 is 52.2 Å². The quantitative estimate of drug-likeness (QED) is 0.251. The van der Waals surface area contributed by atoms with Crippen LogP contribution in [0.4, 0.5) is 5.69 Å². The zero-order valence-corrected chi connectivity index (χ0v) is 18.4. The van der Waals surface area contributed by atoms with Gasteiger partial charge in [0.2, 0.25) is 0 Å². The van der Waals surface area contributed by atoms with E-state index in [-0.39, 0.29) is 34.9 Å². The number of anilines is 1. The second-order valence-corrected chi connectivity index (χ2v) is 7.12. The standard InChI is InChI=1S/C21H17IN2O7/c1-2-30-17-8-12(7-16(22)19(17)31-11-18(25)26)6-14(10-23)20(27)24-15-5-3-4-13(9-15)21(28)29/h3-9H,2,11H2,1H3,(H,24,27)(H,25,26)(H,28,29)/b14-6-. The molecule has 9 nitrogen and oxygen atoms in total. The average molecular weight is 536 g/mol. The topological polar surface area (TPSA) is 146 Å². The van der Waals surface area contributed by atoms with Gasteiger partial charge in [-0.15, -0.1) is 0 Å². The highest BCUT2D eigenvalue weighted by Gasteiger charge is 2.16. The number of hydrogen-bond acceptors (Lipinski definition) is 6. The van der Waals surface area contributed by atoms with E-state index in [1.807, 2.05) is 28.7 Å². The van der Waals surface area contributed by atoms with Gasteiger partial charge in [0.1, 0.15) is 11.6 Å². The molecule has 160 valence electrons. The Labute approximate surface area is 191 Å². The third-order valence-corrected chi connectivity index (χ3v) is 4.52. The molecule has 2 rings (SSSR count). The molecule has 2 aromatic rings. The Kier molecular flexibility index (Phi) is 8.39. The van der Waals surface area contributed by atoms with Crippen molar-refractivity contribution in [1.29, 1.82) is 5.26 Å². The van der Waals surface area contributed by atoms with Crippen LogP contribution in [0.25, 0.3) is 6.08 Å². The normalized spacial score (nSPS) is 10.7. The SMILES string of the molecule is CCOc1cc(/C=C(/C#N)C(=O)Nc2cccc(C(=O)O)c2)cc(I)c1OCC(=O)O. The average Bonchev–Trinajstić information content (AvgIpc) is 2.71.